The normalized spacial score (nSPS) is 12.8. The smallest absolute Gasteiger partial charge is 0.509 e. The zero-order chi connectivity index (χ0) is 44.4. The standard InChI is InChI=1S/C59H53N4O.CH3.Pt/c1-57(2,3)43-29-30-60-56(36-43)63-52-24-16-15-23-50(52)51-28-27-48(38-55(51)63)64-49-32-41(40-19-11-9-12-20-40)31-46(37-49)61-39-62(54-26-18-17-25-53(54)61)47-34-44(58(4,5)6)33-45(35-47)59(7,8)42-21-13-10-14-22-42;;/h9-36,39H,1-8H3;1H3;/q-3;-1;+4. The van der Waals surface area contributed by atoms with E-state index in [1.807, 2.05) is 18.3 Å². The summed E-state index contributed by atoms with van der Waals surface area (Å²) in [6.07, 6.45) is 1.91. The Hall–Kier alpha value is -6.42. The van der Waals surface area contributed by atoms with Crippen LogP contribution in [0.3, 0.4) is 0 Å². The third-order valence-corrected chi connectivity index (χ3v) is 12.7. The van der Waals surface area contributed by atoms with Gasteiger partial charge >= 0.3 is 21.1 Å². The summed E-state index contributed by atoms with van der Waals surface area (Å²) in [6, 6.07) is 65.6. The first-order valence-electron chi connectivity index (χ1n) is 22.2. The van der Waals surface area contributed by atoms with Gasteiger partial charge in [-0.15, -0.1) is 53.6 Å². The van der Waals surface area contributed by atoms with Gasteiger partial charge in [0, 0.05) is 45.7 Å². The van der Waals surface area contributed by atoms with Crippen LogP contribution in [-0.2, 0) is 37.3 Å². The molecule has 0 unspecified atom stereocenters. The van der Waals surface area contributed by atoms with Crippen LogP contribution in [0.1, 0.15) is 77.6 Å². The minimum atomic E-state index is -0.221. The van der Waals surface area contributed by atoms with Crippen molar-refractivity contribution in [2.75, 3.05) is 9.80 Å². The van der Waals surface area contributed by atoms with Crippen molar-refractivity contribution < 1.29 is 25.8 Å². The Morgan fingerprint density at radius 1 is 0.515 bits per heavy atom. The Kier molecular flexibility index (Phi) is 12.4. The number of anilines is 4. The number of hydrogen-bond donors (Lipinski definition) is 0. The number of pyridine rings is 1. The van der Waals surface area contributed by atoms with Gasteiger partial charge in [-0.1, -0.05) is 158 Å². The van der Waals surface area contributed by atoms with Gasteiger partial charge in [0.05, 0.1) is 0 Å². The average Bonchev–Trinajstić information content (AvgIpc) is 3.85. The quantitative estimate of drug-likeness (QED) is 0.142. The van der Waals surface area contributed by atoms with Crippen molar-refractivity contribution in [2.24, 2.45) is 0 Å². The molecule has 2 aromatic heterocycles. The molecule has 0 amide bonds. The molecule has 9 aromatic rings. The molecule has 0 bridgehead atoms. The Morgan fingerprint density at radius 2 is 1.15 bits per heavy atom. The van der Waals surface area contributed by atoms with Crippen molar-refractivity contribution >= 4 is 44.6 Å². The minimum Gasteiger partial charge on any atom is -0.509 e. The van der Waals surface area contributed by atoms with Crippen LogP contribution in [0.25, 0.3) is 38.8 Å². The second kappa shape index (κ2) is 17.8. The van der Waals surface area contributed by atoms with E-state index in [4.69, 9.17) is 9.72 Å². The first-order chi connectivity index (χ1) is 30.7. The van der Waals surface area contributed by atoms with Crippen molar-refractivity contribution in [3.8, 4) is 28.4 Å². The van der Waals surface area contributed by atoms with Gasteiger partial charge in [0.1, 0.15) is 5.82 Å². The Bertz CT molecular complexity index is 3180. The molecule has 0 aliphatic carbocycles. The number of aromatic nitrogens is 2. The van der Waals surface area contributed by atoms with Gasteiger partial charge < -0.3 is 26.5 Å². The molecule has 0 atom stereocenters. The summed E-state index contributed by atoms with van der Waals surface area (Å²) < 4.78 is 9.06. The molecule has 0 saturated carbocycles. The zero-order valence-corrected chi connectivity index (χ0v) is 41.5. The van der Waals surface area contributed by atoms with Crippen molar-refractivity contribution in [1.29, 1.82) is 0 Å². The fraction of sp³-hybridized carbons (Fsp3) is 0.183. The first kappa shape index (κ1) is 46.1. The second-order valence-electron chi connectivity index (χ2n) is 19.5. The van der Waals surface area contributed by atoms with E-state index in [-0.39, 0.29) is 44.7 Å². The van der Waals surface area contributed by atoms with Crippen molar-refractivity contribution in [2.45, 2.75) is 71.6 Å². The molecule has 0 radical (unpaired) electrons. The molecule has 332 valence electrons. The largest absolute Gasteiger partial charge is 4.00 e. The molecule has 0 fully saturated rings. The predicted octanol–water partition coefficient (Wildman–Crippen LogP) is 16.0. The summed E-state index contributed by atoms with van der Waals surface area (Å²) in [5, 5.41) is 2.22. The van der Waals surface area contributed by atoms with E-state index in [1.165, 1.54) is 22.3 Å². The molecule has 6 heteroatoms. The van der Waals surface area contributed by atoms with Crippen LogP contribution < -0.4 is 14.5 Å². The van der Waals surface area contributed by atoms with Crippen molar-refractivity contribution in [3.05, 3.63) is 218 Å². The maximum atomic E-state index is 6.86. The summed E-state index contributed by atoms with van der Waals surface area (Å²) in [4.78, 5) is 9.44. The second-order valence-corrected chi connectivity index (χ2v) is 19.5. The minimum absolute atomic E-state index is 0. The summed E-state index contributed by atoms with van der Waals surface area (Å²) in [5.41, 5.74) is 12.9. The van der Waals surface area contributed by atoms with Crippen LogP contribution in [0.15, 0.2) is 170 Å². The Morgan fingerprint density at radius 3 is 1.86 bits per heavy atom. The topological polar surface area (TPSA) is 33.5 Å². The van der Waals surface area contributed by atoms with Crippen molar-refractivity contribution in [1.82, 2.24) is 9.55 Å². The zero-order valence-electron chi connectivity index (χ0n) is 39.3. The fourth-order valence-electron chi connectivity index (χ4n) is 8.88. The molecule has 5 nitrogen and oxygen atoms in total. The predicted molar refractivity (Wildman–Crippen MR) is 272 cm³/mol. The van der Waals surface area contributed by atoms with Crippen LogP contribution in [0, 0.1) is 26.2 Å². The number of fused-ring (bicyclic) bond motifs is 4. The van der Waals surface area contributed by atoms with Crippen LogP contribution in [0.2, 0.25) is 0 Å². The van der Waals surface area contributed by atoms with Gasteiger partial charge in [-0.3, -0.25) is 0 Å². The van der Waals surface area contributed by atoms with E-state index in [2.05, 4.69) is 240 Å². The van der Waals surface area contributed by atoms with Crippen LogP contribution in [0.5, 0.6) is 11.5 Å². The first-order valence-corrected chi connectivity index (χ1v) is 22.2. The van der Waals surface area contributed by atoms with E-state index >= 15 is 0 Å². The van der Waals surface area contributed by atoms with Gasteiger partial charge in [-0.2, -0.15) is 6.07 Å². The summed E-state index contributed by atoms with van der Waals surface area (Å²) in [7, 11) is 0. The van der Waals surface area contributed by atoms with E-state index in [1.54, 1.807) is 0 Å². The summed E-state index contributed by atoms with van der Waals surface area (Å²) >= 11 is 0. The number of hydrogen-bond acceptors (Lipinski definition) is 4. The van der Waals surface area contributed by atoms with Crippen LogP contribution in [-0.4, -0.2) is 9.55 Å². The maximum absolute atomic E-state index is 6.86. The molecule has 66 heavy (non-hydrogen) atoms. The molecule has 0 spiro atoms. The van der Waals surface area contributed by atoms with Gasteiger partial charge in [0.15, 0.2) is 0 Å². The molecule has 3 heterocycles. The van der Waals surface area contributed by atoms with E-state index in [0.29, 0.717) is 11.5 Å². The van der Waals surface area contributed by atoms with Gasteiger partial charge in [-0.05, 0) is 86.5 Å². The van der Waals surface area contributed by atoms with Gasteiger partial charge in [0.2, 0.25) is 0 Å². The number of benzene rings is 7. The number of ether oxygens (including phenoxy) is 1. The number of rotatable bonds is 8. The maximum Gasteiger partial charge on any atom is 4.00 e. The fourth-order valence-corrected chi connectivity index (χ4v) is 8.88. The molecular formula is C60H56N4OPt. The summed E-state index contributed by atoms with van der Waals surface area (Å²) in [6.45, 7) is 20.4. The molecular weight excluding hydrogens is 988 g/mol. The van der Waals surface area contributed by atoms with Crippen LogP contribution >= 0.6 is 0 Å². The Balaban J connectivity index is 0.00000296. The van der Waals surface area contributed by atoms with Gasteiger partial charge in [-0.25, -0.2) is 4.98 Å². The average molecular weight is 1040 g/mol. The van der Waals surface area contributed by atoms with Gasteiger partial charge in [0.25, 0.3) is 0 Å². The molecule has 1 aliphatic heterocycles. The third-order valence-electron chi connectivity index (χ3n) is 12.7. The third kappa shape index (κ3) is 8.58. The van der Waals surface area contributed by atoms with E-state index < -0.39 is 0 Å². The Labute approximate surface area is 406 Å². The van der Waals surface area contributed by atoms with Crippen molar-refractivity contribution in [3.63, 3.8) is 0 Å². The monoisotopic (exact) mass is 1040 g/mol. The van der Waals surface area contributed by atoms with E-state index in [9.17, 15) is 0 Å². The molecule has 0 saturated heterocycles. The van der Waals surface area contributed by atoms with E-state index in [0.717, 1.165) is 61.5 Å². The summed E-state index contributed by atoms with van der Waals surface area (Å²) in [5.74, 6) is 2.04. The molecule has 10 rings (SSSR count). The molecule has 1 aliphatic rings. The molecule has 0 N–H and O–H groups in total. The number of para-hydroxylation sites is 3. The SMILES string of the molecule is CC(C)(C)c1cc(N2[CH-]N(c3[c-]c(Oc4[c-]c5c(cc4)c4ccccc4n5-c4cc(C(C)(C)C)ccn4)cc(-c4ccccc4)c3)c3ccccc32)cc(C(C)(C)c2ccccc2)c1.[CH3-].[Pt+4]. The van der Waals surface area contributed by atoms with Crippen LogP contribution in [0.4, 0.5) is 22.7 Å². The number of nitrogens with zero attached hydrogens (tertiary/aromatic N) is 4. The molecule has 7 aromatic carbocycles.